The number of nitrogens with one attached hydrogen (secondary N) is 2. The van der Waals surface area contributed by atoms with Crippen LogP contribution in [0, 0.1) is 0 Å². The van der Waals surface area contributed by atoms with Crippen LogP contribution in [0.3, 0.4) is 0 Å². The maximum absolute atomic E-state index is 12.1. The van der Waals surface area contributed by atoms with Crippen molar-refractivity contribution in [1.29, 1.82) is 0 Å². The third kappa shape index (κ3) is 8.51. The Morgan fingerprint density at radius 3 is 2.68 bits per heavy atom. The fraction of sp³-hybridized carbons (Fsp3) is 0.444. The Balaban J connectivity index is 0.00000196. The zero-order valence-electron chi connectivity index (χ0n) is 15.4. The van der Waals surface area contributed by atoms with Gasteiger partial charge in [-0.1, -0.05) is 11.6 Å². The third-order valence-electron chi connectivity index (χ3n) is 4.08. The van der Waals surface area contributed by atoms with Gasteiger partial charge in [0.15, 0.2) is 0 Å². The number of benzene rings is 1. The Hall–Kier alpha value is -1.09. The van der Waals surface area contributed by atoms with Crippen molar-refractivity contribution in [2.24, 2.45) is 0 Å². The lowest BCUT2D eigenvalue weighted by Gasteiger charge is -2.27. The predicted molar refractivity (Wildman–Crippen MR) is 118 cm³/mol. The molecule has 1 aromatic carbocycles. The topological polar surface area (TPSA) is 66.5 Å². The SMILES string of the molecule is Cl.Cl.O=C(Cc1csc(COc2ccc(Cl)cc2)n1)NCCN1CCNCC1. The summed E-state index contributed by atoms with van der Waals surface area (Å²) < 4.78 is 5.68. The van der Waals surface area contributed by atoms with Gasteiger partial charge in [-0.15, -0.1) is 36.2 Å². The van der Waals surface area contributed by atoms with Crippen LogP contribution in [0.4, 0.5) is 0 Å². The molecule has 2 N–H and O–H groups in total. The number of piperazine rings is 1. The van der Waals surface area contributed by atoms with E-state index >= 15 is 0 Å². The Kier molecular flexibility index (Phi) is 11.8. The number of hydrogen-bond acceptors (Lipinski definition) is 6. The van der Waals surface area contributed by atoms with Crippen molar-refractivity contribution in [3.05, 3.63) is 45.4 Å². The van der Waals surface area contributed by atoms with E-state index in [-0.39, 0.29) is 30.7 Å². The van der Waals surface area contributed by atoms with Crippen LogP contribution in [0.1, 0.15) is 10.7 Å². The van der Waals surface area contributed by atoms with E-state index in [1.807, 2.05) is 17.5 Å². The van der Waals surface area contributed by atoms with Gasteiger partial charge in [0.05, 0.1) is 12.1 Å². The maximum atomic E-state index is 12.1. The van der Waals surface area contributed by atoms with E-state index in [4.69, 9.17) is 16.3 Å². The molecule has 6 nitrogen and oxygen atoms in total. The van der Waals surface area contributed by atoms with E-state index < -0.39 is 0 Å². The van der Waals surface area contributed by atoms with Gasteiger partial charge >= 0.3 is 0 Å². The van der Waals surface area contributed by atoms with Crippen molar-refractivity contribution >= 4 is 53.7 Å². The Bertz CT molecular complexity index is 709. The average molecular weight is 468 g/mol. The van der Waals surface area contributed by atoms with Crippen LogP contribution in [0.15, 0.2) is 29.6 Å². The van der Waals surface area contributed by atoms with Crippen molar-refractivity contribution in [2.75, 3.05) is 39.3 Å². The van der Waals surface area contributed by atoms with Crippen LogP contribution < -0.4 is 15.4 Å². The fourth-order valence-corrected chi connectivity index (χ4v) is 3.52. The van der Waals surface area contributed by atoms with E-state index in [2.05, 4.69) is 20.5 Å². The number of aromatic nitrogens is 1. The minimum atomic E-state index is 0. The summed E-state index contributed by atoms with van der Waals surface area (Å²) in [7, 11) is 0. The second kappa shape index (κ2) is 13.2. The summed E-state index contributed by atoms with van der Waals surface area (Å²) in [5.74, 6) is 0.757. The molecule has 1 aliphatic rings. The monoisotopic (exact) mass is 466 g/mol. The highest BCUT2D eigenvalue weighted by Crippen LogP contribution is 2.18. The Morgan fingerprint density at radius 1 is 1.25 bits per heavy atom. The van der Waals surface area contributed by atoms with Gasteiger partial charge < -0.3 is 15.4 Å². The molecule has 0 unspecified atom stereocenters. The number of rotatable bonds is 8. The van der Waals surface area contributed by atoms with Gasteiger partial charge in [0, 0.05) is 49.7 Å². The molecule has 0 bridgehead atoms. The van der Waals surface area contributed by atoms with Crippen LogP contribution in [0.25, 0.3) is 0 Å². The van der Waals surface area contributed by atoms with E-state index in [9.17, 15) is 4.79 Å². The fourth-order valence-electron chi connectivity index (χ4n) is 2.69. The first-order valence-corrected chi connectivity index (χ1v) is 9.96. The summed E-state index contributed by atoms with van der Waals surface area (Å²) in [6.07, 6.45) is 0.305. The second-order valence-electron chi connectivity index (χ2n) is 6.09. The number of ether oxygens (including phenoxy) is 1. The van der Waals surface area contributed by atoms with Crippen LogP contribution in [0.2, 0.25) is 5.02 Å². The number of amides is 1. The summed E-state index contributed by atoms with van der Waals surface area (Å²) in [5.41, 5.74) is 0.782. The van der Waals surface area contributed by atoms with Gasteiger partial charge in [0.25, 0.3) is 0 Å². The first-order chi connectivity index (χ1) is 12.7. The van der Waals surface area contributed by atoms with Gasteiger partial charge in [-0.25, -0.2) is 4.98 Å². The van der Waals surface area contributed by atoms with Crippen molar-refractivity contribution in [3.8, 4) is 5.75 Å². The molecule has 156 valence electrons. The molecule has 0 atom stereocenters. The highest BCUT2D eigenvalue weighted by molar-refractivity contribution is 7.09. The smallest absolute Gasteiger partial charge is 0.226 e. The number of carbonyl (C=O) groups excluding carboxylic acids is 1. The summed E-state index contributed by atoms with van der Waals surface area (Å²) in [6.45, 7) is 6.08. The lowest BCUT2D eigenvalue weighted by atomic mass is 10.3. The molecule has 3 rings (SSSR count). The zero-order chi connectivity index (χ0) is 18.2. The second-order valence-corrected chi connectivity index (χ2v) is 7.47. The molecule has 1 fully saturated rings. The van der Waals surface area contributed by atoms with E-state index in [1.165, 1.54) is 11.3 Å². The Morgan fingerprint density at radius 2 is 1.96 bits per heavy atom. The highest BCUT2D eigenvalue weighted by atomic mass is 35.5. The van der Waals surface area contributed by atoms with Crippen LogP contribution in [0.5, 0.6) is 5.75 Å². The first-order valence-electron chi connectivity index (χ1n) is 8.70. The maximum Gasteiger partial charge on any atom is 0.226 e. The van der Waals surface area contributed by atoms with Crippen molar-refractivity contribution in [2.45, 2.75) is 13.0 Å². The largest absolute Gasteiger partial charge is 0.486 e. The molecule has 2 aromatic rings. The summed E-state index contributed by atoms with van der Waals surface area (Å²) in [5, 5.41) is 9.73. The van der Waals surface area contributed by atoms with Gasteiger partial charge in [0.2, 0.25) is 5.91 Å². The summed E-state index contributed by atoms with van der Waals surface area (Å²) in [6, 6.07) is 7.22. The lowest BCUT2D eigenvalue weighted by molar-refractivity contribution is -0.120. The molecule has 0 radical (unpaired) electrons. The molecule has 0 spiro atoms. The van der Waals surface area contributed by atoms with E-state index in [1.54, 1.807) is 12.1 Å². The van der Waals surface area contributed by atoms with Crippen molar-refractivity contribution in [1.82, 2.24) is 20.5 Å². The van der Waals surface area contributed by atoms with Crippen molar-refractivity contribution < 1.29 is 9.53 Å². The molecule has 28 heavy (non-hydrogen) atoms. The number of carbonyl (C=O) groups is 1. The molecule has 1 aromatic heterocycles. The van der Waals surface area contributed by atoms with Crippen LogP contribution in [-0.2, 0) is 17.8 Å². The third-order valence-corrected chi connectivity index (χ3v) is 5.20. The molecule has 1 saturated heterocycles. The molecular formula is C18H25Cl3N4O2S. The van der Waals surface area contributed by atoms with Gasteiger partial charge in [-0.2, -0.15) is 0 Å². The quantitative estimate of drug-likeness (QED) is 0.625. The molecule has 1 aliphatic heterocycles. The standard InChI is InChI=1S/C18H23ClN4O2S.2ClH/c19-14-1-3-16(4-2-14)25-12-18-22-15(13-26-18)11-17(24)21-7-10-23-8-5-20-6-9-23;;/h1-4,13,20H,5-12H2,(H,21,24);2*1H. The number of nitrogens with zero attached hydrogens (tertiary/aromatic N) is 2. The average Bonchev–Trinajstić information content (AvgIpc) is 3.09. The molecule has 10 heteroatoms. The zero-order valence-corrected chi connectivity index (χ0v) is 18.6. The molecule has 0 aliphatic carbocycles. The number of halogens is 3. The van der Waals surface area contributed by atoms with Crippen molar-refractivity contribution in [3.63, 3.8) is 0 Å². The first kappa shape index (κ1) is 24.9. The molecule has 1 amide bonds. The summed E-state index contributed by atoms with van der Waals surface area (Å²) in [4.78, 5) is 18.9. The van der Waals surface area contributed by atoms with Gasteiger partial charge in [0.1, 0.15) is 17.4 Å². The minimum absolute atomic E-state index is 0. The molecule has 2 heterocycles. The highest BCUT2D eigenvalue weighted by Gasteiger charge is 2.11. The minimum Gasteiger partial charge on any atom is -0.486 e. The van der Waals surface area contributed by atoms with E-state index in [0.29, 0.717) is 24.6 Å². The summed E-state index contributed by atoms with van der Waals surface area (Å²) >= 11 is 7.35. The molecular weight excluding hydrogens is 443 g/mol. The predicted octanol–water partition coefficient (Wildman–Crippen LogP) is 2.78. The lowest BCUT2D eigenvalue weighted by Crippen LogP contribution is -2.46. The molecule has 0 saturated carbocycles. The Labute approximate surface area is 186 Å². The normalized spacial score (nSPS) is 13.9. The number of thiazole rings is 1. The van der Waals surface area contributed by atoms with Crippen LogP contribution >= 0.6 is 47.8 Å². The van der Waals surface area contributed by atoms with E-state index in [0.717, 1.165) is 49.2 Å². The van der Waals surface area contributed by atoms with Crippen LogP contribution in [-0.4, -0.2) is 55.1 Å². The van der Waals surface area contributed by atoms with Gasteiger partial charge in [-0.05, 0) is 24.3 Å². The number of hydrogen-bond donors (Lipinski definition) is 2. The van der Waals surface area contributed by atoms with Gasteiger partial charge in [-0.3, -0.25) is 9.69 Å².